The number of nitrogen functional groups attached to an aromatic ring is 1. The van der Waals surface area contributed by atoms with Crippen molar-refractivity contribution < 1.29 is 27.5 Å². The van der Waals surface area contributed by atoms with E-state index in [1.807, 2.05) is 0 Å². The molecule has 0 saturated heterocycles. The van der Waals surface area contributed by atoms with Crippen LogP contribution in [-0.2, 0) is 9.53 Å². The summed E-state index contributed by atoms with van der Waals surface area (Å²) in [5.41, 5.74) is 5.20. The van der Waals surface area contributed by atoms with Gasteiger partial charge in [0.05, 0.1) is 5.69 Å². The van der Waals surface area contributed by atoms with Crippen LogP contribution in [0.25, 0.3) is 0 Å². The predicted molar refractivity (Wildman–Crippen MR) is 86.1 cm³/mol. The van der Waals surface area contributed by atoms with E-state index >= 15 is 0 Å². The van der Waals surface area contributed by atoms with E-state index in [-0.39, 0.29) is 30.4 Å². The number of hydrogen-bond donors (Lipinski definition) is 4. The SMILES string of the molecule is CC(C)(C)OC(=O)NCCNc1nc(NC(=O)C(F)(F)F)ccc1N. The van der Waals surface area contributed by atoms with Crippen molar-refractivity contribution in [2.75, 3.05) is 29.5 Å². The highest BCUT2D eigenvalue weighted by Gasteiger charge is 2.38. The molecule has 25 heavy (non-hydrogen) atoms. The Labute approximate surface area is 142 Å². The number of carbonyl (C=O) groups is 2. The largest absolute Gasteiger partial charge is 0.471 e. The van der Waals surface area contributed by atoms with Gasteiger partial charge in [-0.2, -0.15) is 13.2 Å². The fourth-order valence-electron chi connectivity index (χ4n) is 1.53. The summed E-state index contributed by atoms with van der Waals surface area (Å²) in [4.78, 5) is 26.1. The number of aromatic nitrogens is 1. The number of amides is 2. The third kappa shape index (κ3) is 7.59. The standard InChI is InChI=1S/C14H20F3N5O3/c1-13(2,3)25-12(24)20-7-6-19-10-8(18)4-5-9(21-10)22-11(23)14(15,16)17/h4-5H,6-7,18H2,1-3H3,(H,20,24)(H2,19,21,22,23). The molecule has 5 N–H and O–H groups in total. The van der Waals surface area contributed by atoms with Crippen LogP contribution in [0, 0.1) is 0 Å². The number of halogens is 3. The van der Waals surface area contributed by atoms with Crippen LogP contribution in [-0.4, -0.2) is 41.9 Å². The maximum atomic E-state index is 12.2. The smallest absolute Gasteiger partial charge is 0.444 e. The highest BCUT2D eigenvalue weighted by Crippen LogP contribution is 2.21. The van der Waals surface area contributed by atoms with E-state index in [1.54, 1.807) is 26.1 Å². The van der Waals surface area contributed by atoms with E-state index in [0.29, 0.717) is 0 Å². The molecule has 1 aromatic rings. The maximum Gasteiger partial charge on any atom is 0.471 e. The lowest BCUT2D eigenvalue weighted by Gasteiger charge is -2.19. The van der Waals surface area contributed by atoms with E-state index in [2.05, 4.69) is 15.6 Å². The molecule has 0 fully saturated rings. The van der Waals surface area contributed by atoms with E-state index in [4.69, 9.17) is 10.5 Å². The van der Waals surface area contributed by atoms with Gasteiger partial charge in [-0.15, -0.1) is 0 Å². The lowest BCUT2D eigenvalue weighted by Crippen LogP contribution is -2.35. The predicted octanol–water partition coefficient (Wildman–Crippen LogP) is 2.10. The molecule has 0 unspecified atom stereocenters. The van der Waals surface area contributed by atoms with Crippen molar-refractivity contribution in [2.24, 2.45) is 0 Å². The molecular weight excluding hydrogens is 343 g/mol. The summed E-state index contributed by atoms with van der Waals surface area (Å²) in [5, 5.41) is 6.85. The quantitative estimate of drug-likeness (QED) is 0.595. The maximum absolute atomic E-state index is 12.2. The van der Waals surface area contributed by atoms with Gasteiger partial charge in [0, 0.05) is 13.1 Å². The minimum absolute atomic E-state index is 0.0750. The first kappa shape index (κ1) is 20.3. The van der Waals surface area contributed by atoms with Gasteiger partial charge in [-0.05, 0) is 32.9 Å². The van der Waals surface area contributed by atoms with Gasteiger partial charge < -0.3 is 26.4 Å². The minimum atomic E-state index is -5.02. The van der Waals surface area contributed by atoms with Gasteiger partial charge >= 0.3 is 18.2 Å². The molecule has 0 aliphatic heterocycles. The first-order valence-corrected chi connectivity index (χ1v) is 7.24. The van der Waals surface area contributed by atoms with Gasteiger partial charge in [-0.3, -0.25) is 4.79 Å². The number of alkyl halides is 3. The Kier molecular flexibility index (Phi) is 6.42. The van der Waals surface area contributed by atoms with Crippen LogP contribution >= 0.6 is 0 Å². The second-order valence-electron chi connectivity index (χ2n) is 5.94. The number of pyridine rings is 1. The van der Waals surface area contributed by atoms with Gasteiger partial charge in [0.25, 0.3) is 0 Å². The van der Waals surface area contributed by atoms with Crippen LogP contribution in [0.3, 0.4) is 0 Å². The molecule has 1 heterocycles. The van der Waals surface area contributed by atoms with Crippen molar-refractivity contribution in [3.8, 4) is 0 Å². The Hall–Kier alpha value is -2.72. The molecular formula is C14H20F3N5O3. The normalized spacial score (nSPS) is 11.6. The van der Waals surface area contributed by atoms with E-state index in [9.17, 15) is 22.8 Å². The van der Waals surface area contributed by atoms with Gasteiger partial charge in [0.1, 0.15) is 11.4 Å². The molecule has 0 aliphatic carbocycles. The molecule has 0 bridgehead atoms. The zero-order valence-electron chi connectivity index (χ0n) is 14.0. The summed E-state index contributed by atoms with van der Waals surface area (Å²) < 4.78 is 41.7. The van der Waals surface area contributed by atoms with Crippen LogP contribution < -0.4 is 21.7 Å². The third-order valence-corrected chi connectivity index (χ3v) is 2.51. The van der Waals surface area contributed by atoms with Crippen molar-refractivity contribution >= 4 is 29.3 Å². The number of ether oxygens (including phenoxy) is 1. The minimum Gasteiger partial charge on any atom is -0.444 e. The first-order chi connectivity index (χ1) is 11.4. The zero-order valence-corrected chi connectivity index (χ0v) is 14.0. The fraction of sp³-hybridized carbons (Fsp3) is 0.500. The molecule has 0 radical (unpaired) electrons. The fourth-order valence-corrected chi connectivity index (χ4v) is 1.53. The van der Waals surface area contributed by atoms with Crippen molar-refractivity contribution in [3.63, 3.8) is 0 Å². The number of nitrogens with two attached hydrogens (primary N) is 1. The molecule has 140 valence electrons. The molecule has 8 nitrogen and oxygen atoms in total. The second kappa shape index (κ2) is 7.90. The molecule has 11 heteroatoms. The molecule has 0 spiro atoms. The number of anilines is 3. The monoisotopic (exact) mass is 363 g/mol. The molecule has 0 aliphatic rings. The summed E-state index contributed by atoms with van der Waals surface area (Å²) >= 11 is 0. The van der Waals surface area contributed by atoms with Crippen LogP contribution in [0.2, 0.25) is 0 Å². The highest BCUT2D eigenvalue weighted by molar-refractivity contribution is 5.94. The Morgan fingerprint density at radius 2 is 1.84 bits per heavy atom. The van der Waals surface area contributed by atoms with Crippen LogP contribution in [0.15, 0.2) is 12.1 Å². The topological polar surface area (TPSA) is 118 Å². The average molecular weight is 363 g/mol. The Balaban J connectivity index is 2.55. The van der Waals surface area contributed by atoms with Crippen LogP contribution in [0.4, 0.5) is 35.3 Å². The van der Waals surface area contributed by atoms with Gasteiger partial charge in [-0.1, -0.05) is 0 Å². The summed E-state index contributed by atoms with van der Waals surface area (Å²) in [6.07, 6.45) is -5.63. The zero-order chi connectivity index (χ0) is 19.3. The molecule has 0 saturated carbocycles. The van der Waals surface area contributed by atoms with Gasteiger partial charge in [0.15, 0.2) is 5.82 Å². The van der Waals surface area contributed by atoms with Crippen molar-refractivity contribution in [2.45, 2.75) is 32.5 Å². The lowest BCUT2D eigenvalue weighted by molar-refractivity contribution is -0.167. The Bertz CT molecular complexity index is 629. The number of carbonyl (C=O) groups excluding carboxylic acids is 2. The Morgan fingerprint density at radius 3 is 2.40 bits per heavy atom. The lowest BCUT2D eigenvalue weighted by atomic mass is 10.2. The molecule has 1 aromatic heterocycles. The average Bonchev–Trinajstić information content (AvgIpc) is 2.43. The number of rotatable bonds is 5. The van der Waals surface area contributed by atoms with Gasteiger partial charge in [-0.25, -0.2) is 9.78 Å². The first-order valence-electron chi connectivity index (χ1n) is 7.24. The second-order valence-corrected chi connectivity index (χ2v) is 5.94. The summed E-state index contributed by atoms with van der Waals surface area (Å²) in [7, 11) is 0. The third-order valence-electron chi connectivity index (χ3n) is 2.51. The molecule has 2 amide bonds. The van der Waals surface area contributed by atoms with Crippen molar-refractivity contribution in [1.82, 2.24) is 10.3 Å². The van der Waals surface area contributed by atoms with Crippen molar-refractivity contribution in [3.05, 3.63) is 12.1 Å². The summed E-state index contributed by atoms with van der Waals surface area (Å²) in [6.45, 7) is 5.50. The summed E-state index contributed by atoms with van der Waals surface area (Å²) in [6, 6.07) is 2.44. The molecule has 0 aromatic carbocycles. The van der Waals surface area contributed by atoms with E-state index < -0.39 is 23.8 Å². The number of hydrogen-bond acceptors (Lipinski definition) is 6. The highest BCUT2D eigenvalue weighted by atomic mass is 19.4. The molecule has 0 atom stereocenters. The van der Waals surface area contributed by atoms with Gasteiger partial charge in [0.2, 0.25) is 0 Å². The van der Waals surface area contributed by atoms with E-state index in [0.717, 1.165) is 6.07 Å². The van der Waals surface area contributed by atoms with E-state index in [1.165, 1.54) is 6.07 Å². The van der Waals surface area contributed by atoms with Crippen molar-refractivity contribution in [1.29, 1.82) is 0 Å². The Morgan fingerprint density at radius 1 is 1.20 bits per heavy atom. The summed E-state index contributed by atoms with van der Waals surface area (Å²) in [5.74, 6) is -2.37. The number of nitrogens with one attached hydrogen (secondary N) is 3. The number of nitrogens with zero attached hydrogens (tertiary/aromatic N) is 1. The van der Waals surface area contributed by atoms with Crippen LogP contribution in [0.5, 0.6) is 0 Å². The van der Waals surface area contributed by atoms with Crippen LogP contribution in [0.1, 0.15) is 20.8 Å². The molecule has 1 rings (SSSR count). The number of alkyl carbamates (subject to hydrolysis) is 1.